The lowest BCUT2D eigenvalue weighted by Gasteiger charge is -2.17. The fourth-order valence-electron chi connectivity index (χ4n) is 1.62. The highest BCUT2D eigenvalue weighted by molar-refractivity contribution is 5.75. The van der Waals surface area contributed by atoms with Gasteiger partial charge in [-0.05, 0) is 38.2 Å². The molecule has 0 aromatic carbocycles. The molecule has 1 rings (SSSR count). The van der Waals surface area contributed by atoms with Crippen LogP contribution in [-0.4, -0.2) is 14.8 Å². The average molecular weight is 271 g/mol. The molecule has 3 nitrogen and oxygen atoms in total. The van der Waals surface area contributed by atoms with Crippen molar-refractivity contribution in [3.8, 4) is 11.8 Å². The molecule has 0 radical (unpaired) electrons. The summed E-state index contributed by atoms with van der Waals surface area (Å²) in [5.41, 5.74) is 1.99. The zero-order valence-corrected chi connectivity index (χ0v) is 13.5. The largest absolute Gasteiger partial charge is 0.250 e. The van der Waals surface area contributed by atoms with E-state index in [4.69, 9.17) is 0 Å². The third kappa shape index (κ3) is 5.05. The molecule has 0 saturated heterocycles. The van der Waals surface area contributed by atoms with Crippen molar-refractivity contribution in [3.63, 3.8) is 0 Å². The topological polar surface area (TPSA) is 30.7 Å². The van der Waals surface area contributed by atoms with Crippen LogP contribution in [0.2, 0.25) is 0 Å². The Kier molecular flexibility index (Phi) is 5.33. The van der Waals surface area contributed by atoms with Gasteiger partial charge in [0.2, 0.25) is 0 Å². The van der Waals surface area contributed by atoms with Gasteiger partial charge in [-0.2, -0.15) is 5.10 Å². The molecule has 0 aliphatic heterocycles. The van der Waals surface area contributed by atoms with Gasteiger partial charge in [0.25, 0.3) is 0 Å². The molecule has 0 atom stereocenters. The smallest absolute Gasteiger partial charge is 0.189 e. The SMILES string of the molecule is C=C(C)C#CC(=CC)c1nc(C)n(CCC(C)(C)C)n1. The molecule has 0 N–H and O–H groups in total. The van der Waals surface area contributed by atoms with Gasteiger partial charge in [0, 0.05) is 6.54 Å². The molecule has 0 amide bonds. The maximum atomic E-state index is 4.57. The molecular formula is C17H25N3. The zero-order chi connectivity index (χ0) is 15.3. The van der Waals surface area contributed by atoms with E-state index in [2.05, 4.69) is 49.3 Å². The summed E-state index contributed by atoms with van der Waals surface area (Å²) in [6.45, 7) is 17.2. The van der Waals surface area contributed by atoms with Crippen molar-refractivity contribution in [1.82, 2.24) is 14.8 Å². The first-order chi connectivity index (χ1) is 9.23. The molecule has 0 aliphatic rings. The summed E-state index contributed by atoms with van der Waals surface area (Å²) in [6, 6.07) is 0. The lowest BCUT2D eigenvalue weighted by Crippen LogP contribution is -2.12. The van der Waals surface area contributed by atoms with Gasteiger partial charge in [-0.3, -0.25) is 0 Å². The summed E-state index contributed by atoms with van der Waals surface area (Å²) >= 11 is 0. The van der Waals surface area contributed by atoms with Crippen molar-refractivity contribution < 1.29 is 0 Å². The zero-order valence-electron chi connectivity index (χ0n) is 13.5. The second kappa shape index (κ2) is 6.56. The molecule has 1 aromatic heterocycles. The van der Waals surface area contributed by atoms with E-state index < -0.39 is 0 Å². The van der Waals surface area contributed by atoms with E-state index >= 15 is 0 Å². The third-order valence-corrected chi connectivity index (χ3v) is 2.87. The van der Waals surface area contributed by atoms with Crippen LogP contribution >= 0.6 is 0 Å². The third-order valence-electron chi connectivity index (χ3n) is 2.87. The maximum absolute atomic E-state index is 4.57. The van der Waals surface area contributed by atoms with E-state index in [1.165, 1.54) is 0 Å². The van der Waals surface area contributed by atoms with Crippen molar-refractivity contribution >= 4 is 5.57 Å². The van der Waals surface area contributed by atoms with Gasteiger partial charge in [0.15, 0.2) is 5.82 Å². The van der Waals surface area contributed by atoms with E-state index in [0.29, 0.717) is 11.2 Å². The summed E-state index contributed by atoms with van der Waals surface area (Å²) in [6.07, 6.45) is 3.01. The van der Waals surface area contributed by atoms with E-state index in [9.17, 15) is 0 Å². The number of rotatable bonds is 3. The van der Waals surface area contributed by atoms with Crippen molar-refractivity contribution in [2.24, 2.45) is 5.41 Å². The monoisotopic (exact) mass is 271 g/mol. The van der Waals surface area contributed by atoms with E-state index in [-0.39, 0.29) is 0 Å². The van der Waals surface area contributed by atoms with Gasteiger partial charge in [-0.15, -0.1) is 0 Å². The van der Waals surface area contributed by atoms with Gasteiger partial charge in [-0.25, -0.2) is 9.67 Å². The minimum atomic E-state index is 0.293. The van der Waals surface area contributed by atoms with E-state index in [0.717, 1.165) is 29.9 Å². The molecule has 0 bridgehead atoms. The minimum Gasteiger partial charge on any atom is -0.250 e. The molecule has 3 heteroatoms. The lowest BCUT2D eigenvalue weighted by atomic mass is 9.92. The number of hydrogen-bond acceptors (Lipinski definition) is 2. The van der Waals surface area contributed by atoms with Crippen molar-refractivity contribution in [2.45, 2.75) is 54.5 Å². The highest BCUT2D eigenvalue weighted by atomic mass is 15.3. The molecule has 108 valence electrons. The summed E-state index contributed by atoms with van der Waals surface area (Å²) in [4.78, 5) is 4.51. The van der Waals surface area contributed by atoms with Crippen LogP contribution in [0, 0.1) is 24.2 Å². The first-order valence-electron chi connectivity index (χ1n) is 6.98. The molecule has 0 spiro atoms. The van der Waals surface area contributed by atoms with Crippen LogP contribution in [0.15, 0.2) is 18.2 Å². The maximum Gasteiger partial charge on any atom is 0.189 e. The van der Waals surface area contributed by atoms with E-state index in [1.54, 1.807) is 0 Å². The van der Waals surface area contributed by atoms with Crippen LogP contribution in [0.4, 0.5) is 0 Å². The first kappa shape index (κ1) is 16.2. The predicted octanol–water partition coefficient (Wildman–Crippen LogP) is 4.01. The molecule has 1 aromatic rings. The lowest BCUT2D eigenvalue weighted by molar-refractivity contribution is 0.338. The number of aromatic nitrogens is 3. The van der Waals surface area contributed by atoms with Gasteiger partial charge in [0.05, 0.1) is 5.57 Å². The van der Waals surface area contributed by atoms with Crippen LogP contribution in [0.3, 0.4) is 0 Å². The molecule has 1 heterocycles. The number of hydrogen-bond donors (Lipinski definition) is 0. The molecular weight excluding hydrogens is 246 g/mol. The van der Waals surface area contributed by atoms with Gasteiger partial charge >= 0.3 is 0 Å². The summed E-state index contributed by atoms with van der Waals surface area (Å²) in [5, 5.41) is 4.57. The summed E-state index contributed by atoms with van der Waals surface area (Å²) in [5.74, 6) is 7.68. The normalized spacial score (nSPS) is 12.0. The Bertz CT molecular complexity index is 572. The Morgan fingerprint density at radius 3 is 2.50 bits per heavy atom. The Hall–Kier alpha value is -1.82. The standard InChI is InChI=1S/C17H25N3/c1-8-15(10-9-13(2)3)16-18-14(4)20(19-16)12-11-17(5,6)7/h8H,2,11-12H2,1,3-7H3. The highest BCUT2D eigenvalue weighted by Crippen LogP contribution is 2.20. The number of nitrogens with zero attached hydrogens (tertiary/aromatic N) is 3. The Labute approximate surface area is 122 Å². The molecule has 0 unspecified atom stereocenters. The highest BCUT2D eigenvalue weighted by Gasteiger charge is 2.13. The second-order valence-electron chi connectivity index (χ2n) is 6.25. The molecule has 20 heavy (non-hydrogen) atoms. The van der Waals surface area contributed by atoms with Gasteiger partial charge in [-0.1, -0.05) is 45.3 Å². The van der Waals surface area contributed by atoms with Gasteiger partial charge < -0.3 is 0 Å². The Balaban J connectivity index is 2.94. The van der Waals surface area contributed by atoms with Gasteiger partial charge in [0.1, 0.15) is 5.82 Å². The fraction of sp³-hybridized carbons (Fsp3) is 0.529. The van der Waals surface area contributed by atoms with E-state index in [1.807, 2.05) is 31.5 Å². The van der Waals surface area contributed by atoms with Crippen LogP contribution < -0.4 is 0 Å². The summed E-state index contributed by atoms with van der Waals surface area (Å²) in [7, 11) is 0. The van der Waals surface area contributed by atoms with Crippen molar-refractivity contribution in [3.05, 3.63) is 29.9 Å². The Morgan fingerprint density at radius 2 is 2.00 bits per heavy atom. The quantitative estimate of drug-likeness (QED) is 0.778. The van der Waals surface area contributed by atoms with Crippen LogP contribution in [0.1, 0.15) is 52.7 Å². The first-order valence-corrected chi connectivity index (χ1v) is 6.98. The fourth-order valence-corrected chi connectivity index (χ4v) is 1.62. The van der Waals surface area contributed by atoms with Crippen LogP contribution in [-0.2, 0) is 6.54 Å². The Morgan fingerprint density at radius 1 is 1.35 bits per heavy atom. The second-order valence-corrected chi connectivity index (χ2v) is 6.25. The predicted molar refractivity (Wildman–Crippen MR) is 85.1 cm³/mol. The number of allylic oxidation sites excluding steroid dienone is 3. The molecule has 0 saturated carbocycles. The minimum absolute atomic E-state index is 0.293. The van der Waals surface area contributed by atoms with Crippen LogP contribution in [0.5, 0.6) is 0 Å². The molecule has 0 aliphatic carbocycles. The average Bonchev–Trinajstić information content (AvgIpc) is 2.68. The van der Waals surface area contributed by atoms with Crippen molar-refractivity contribution in [2.75, 3.05) is 0 Å². The number of aryl methyl sites for hydroxylation is 2. The van der Waals surface area contributed by atoms with Crippen molar-refractivity contribution in [1.29, 1.82) is 0 Å². The summed E-state index contributed by atoms with van der Waals surface area (Å²) < 4.78 is 1.96. The molecule has 0 fully saturated rings. The van der Waals surface area contributed by atoms with Crippen LogP contribution in [0.25, 0.3) is 5.57 Å².